The minimum Gasteiger partial charge on any atom is -0.395 e. The first-order valence-corrected chi connectivity index (χ1v) is 10.6. The Morgan fingerprint density at radius 1 is 1.29 bits per heavy atom. The van der Waals surface area contributed by atoms with E-state index in [1.54, 1.807) is 6.07 Å². The van der Waals surface area contributed by atoms with Gasteiger partial charge in [0.2, 0.25) is 0 Å². The Morgan fingerprint density at radius 3 is 2.61 bits per heavy atom. The molecule has 28 heavy (non-hydrogen) atoms. The molecule has 2 aromatic heterocycles. The average Bonchev–Trinajstić information content (AvgIpc) is 2.79. The Bertz CT molecular complexity index is 821. The number of nitrogens with one attached hydrogen (secondary N) is 1. The minimum atomic E-state index is -0.255. The number of hydrogen-bond acceptors (Lipinski definition) is 3. The molecule has 1 aliphatic rings. The average molecular weight is 390 g/mol. The molecule has 3 atom stereocenters. The molecule has 156 valence electrons. The molecule has 3 heterocycles. The van der Waals surface area contributed by atoms with E-state index in [9.17, 15) is 5.11 Å². The maximum atomic E-state index is 15.0. The number of pyridine rings is 1. The Labute approximate surface area is 168 Å². The number of hydrogen-bond donors (Lipinski definition) is 2. The highest BCUT2D eigenvalue weighted by atomic mass is 19.1. The van der Waals surface area contributed by atoms with Crippen molar-refractivity contribution in [2.75, 3.05) is 6.61 Å². The summed E-state index contributed by atoms with van der Waals surface area (Å²) in [5.41, 5.74) is 2.42. The van der Waals surface area contributed by atoms with Crippen molar-refractivity contribution < 1.29 is 9.50 Å². The largest absolute Gasteiger partial charge is 0.395 e. The van der Waals surface area contributed by atoms with Crippen LogP contribution in [0.25, 0.3) is 11.0 Å². The van der Waals surface area contributed by atoms with Gasteiger partial charge in [-0.15, -0.1) is 0 Å². The van der Waals surface area contributed by atoms with Crippen molar-refractivity contribution in [2.24, 2.45) is 18.9 Å². The lowest BCUT2D eigenvalue weighted by Crippen LogP contribution is -2.40. The Morgan fingerprint density at radius 2 is 2.00 bits per heavy atom. The monoisotopic (exact) mass is 389 g/mol. The van der Waals surface area contributed by atoms with Gasteiger partial charge in [-0.3, -0.25) is 0 Å². The zero-order valence-corrected chi connectivity index (χ0v) is 18.2. The number of aromatic nitrogens is 2. The zero-order valence-electron chi connectivity index (χ0n) is 18.2. The second-order valence-corrected chi connectivity index (χ2v) is 9.94. The van der Waals surface area contributed by atoms with Crippen LogP contribution >= 0.6 is 0 Å². The van der Waals surface area contributed by atoms with E-state index in [0.29, 0.717) is 17.5 Å². The van der Waals surface area contributed by atoms with Gasteiger partial charge in [0.05, 0.1) is 18.3 Å². The molecule has 0 spiro atoms. The molecule has 1 saturated heterocycles. The van der Waals surface area contributed by atoms with Crippen LogP contribution in [-0.2, 0) is 12.5 Å². The van der Waals surface area contributed by atoms with Gasteiger partial charge in [-0.05, 0) is 43.2 Å². The predicted octanol–water partition coefficient (Wildman–Crippen LogP) is 4.85. The summed E-state index contributed by atoms with van der Waals surface area (Å²) in [6.07, 6.45) is 4.00. The summed E-state index contributed by atoms with van der Waals surface area (Å²) in [6, 6.07) is 3.50. The van der Waals surface area contributed by atoms with Crippen LogP contribution in [0.15, 0.2) is 12.1 Å². The first kappa shape index (κ1) is 21.3. The fraction of sp³-hybridized carbons (Fsp3) is 0.696. The van der Waals surface area contributed by atoms with Gasteiger partial charge in [-0.2, -0.15) is 0 Å². The van der Waals surface area contributed by atoms with E-state index in [1.807, 2.05) is 13.1 Å². The SMILES string of the molecule is CC(C)CC1CCCC(c2nc3c(cc2F)cc(C(C)(C)C)n3C)NC1CO. The van der Waals surface area contributed by atoms with E-state index in [1.165, 1.54) is 0 Å². The second-order valence-electron chi connectivity index (χ2n) is 9.94. The zero-order chi connectivity index (χ0) is 20.6. The summed E-state index contributed by atoms with van der Waals surface area (Å²) < 4.78 is 17.1. The summed E-state index contributed by atoms with van der Waals surface area (Å²) in [5, 5.41) is 14.3. The fourth-order valence-electron chi connectivity index (χ4n) is 4.77. The Hall–Kier alpha value is -1.46. The normalized spacial score (nSPS) is 24.1. The van der Waals surface area contributed by atoms with E-state index in [4.69, 9.17) is 4.98 Å². The van der Waals surface area contributed by atoms with Gasteiger partial charge in [0.25, 0.3) is 0 Å². The summed E-state index contributed by atoms with van der Waals surface area (Å²) in [5.74, 6) is 0.752. The highest BCUT2D eigenvalue weighted by Crippen LogP contribution is 2.34. The maximum Gasteiger partial charge on any atom is 0.147 e. The molecular formula is C23H36FN3O. The van der Waals surface area contributed by atoms with Crippen LogP contribution in [0, 0.1) is 17.7 Å². The summed E-state index contributed by atoms with van der Waals surface area (Å²) >= 11 is 0. The van der Waals surface area contributed by atoms with Crippen molar-refractivity contribution >= 4 is 11.0 Å². The second kappa shape index (κ2) is 8.11. The van der Waals surface area contributed by atoms with Crippen LogP contribution in [0.4, 0.5) is 4.39 Å². The van der Waals surface area contributed by atoms with E-state index < -0.39 is 0 Å². The van der Waals surface area contributed by atoms with Crippen molar-refractivity contribution in [3.05, 3.63) is 29.3 Å². The molecule has 0 aromatic carbocycles. The van der Waals surface area contributed by atoms with Crippen molar-refractivity contribution in [1.29, 1.82) is 0 Å². The Kier molecular flexibility index (Phi) is 6.16. The number of fused-ring (bicyclic) bond motifs is 1. The van der Waals surface area contributed by atoms with Crippen molar-refractivity contribution in [3.63, 3.8) is 0 Å². The quantitative estimate of drug-likeness (QED) is 0.786. The van der Waals surface area contributed by atoms with E-state index >= 15 is 4.39 Å². The molecule has 5 heteroatoms. The van der Waals surface area contributed by atoms with Crippen molar-refractivity contribution in [1.82, 2.24) is 14.9 Å². The van der Waals surface area contributed by atoms with E-state index in [0.717, 1.165) is 42.4 Å². The predicted molar refractivity (Wildman–Crippen MR) is 113 cm³/mol. The third-order valence-corrected chi connectivity index (χ3v) is 6.10. The topological polar surface area (TPSA) is 50.1 Å². The minimum absolute atomic E-state index is 0.00894. The van der Waals surface area contributed by atoms with Gasteiger partial charge < -0.3 is 15.0 Å². The Balaban J connectivity index is 1.96. The standard InChI is InChI=1S/C23H36FN3O/c1-14(2)10-15-8-7-9-18(25-19(15)13-28)21-17(24)11-16-12-20(23(3,4)5)27(6)22(16)26-21/h11-12,14-15,18-19,25,28H,7-10,13H2,1-6H3. The van der Waals surface area contributed by atoms with Gasteiger partial charge in [0.15, 0.2) is 0 Å². The van der Waals surface area contributed by atoms with Crippen LogP contribution in [0.2, 0.25) is 0 Å². The molecular weight excluding hydrogens is 353 g/mol. The molecule has 0 saturated carbocycles. The van der Waals surface area contributed by atoms with Crippen molar-refractivity contribution in [3.8, 4) is 0 Å². The maximum absolute atomic E-state index is 15.0. The van der Waals surface area contributed by atoms with Gasteiger partial charge in [-0.1, -0.05) is 41.0 Å². The number of nitrogens with zero attached hydrogens (tertiary/aromatic N) is 2. The highest BCUT2D eigenvalue weighted by Gasteiger charge is 2.31. The lowest BCUT2D eigenvalue weighted by molar-refractivity contribution is 0.178. The molecule has 1 aliphatic heterocycles. The summed E-state index contributed by atoms with van der Waals surface area (Å²) in [6.45, 7) is 11.0. The molecule has 1 fully saturated rings. The van der Waals surface area contributed by atoms with Crippen LogP contribution < -0.4 is 5.32 Å². The molecule has 0 radical (unpaired) electrons. The van der Waals surface area contributed by atoms with Crippen LogP contribution in [0.3, 0.4) is 0 Å². The molecule has 0 aliphatic carbocycles. The van der Waals surface area contributed by atoms with E-state index in [-0.39, 0.29) is 29.9 Å². The smallest absolute Gasteiger partial charge is 0.147 e. The van der Waals surface area contributed by atoms with E-state index in [2.05, 4.69) is 44.5 Å². The summed E-state index contributed by atoms with van der Waals surface area (Å²) in [7, 11) is 2.01. The van der Waals surface area contributed by atoms with Crippen LogP contribution in [0.5, 0.6) is 0 Å². The molecule has 2 N–H and O–H groups in total. The number of aliphatic hydroxyl groups excluding tert-OH is 1. The first-order valence-electron chi connectivity index (χ1n) is 10.6. The first-order chi connectivity index (χ1) is 13.1. The van der Waals surface area contributed by atoms with Crippen molar-refractivity contribution in [2.45, 2.75) is 77.8 Å². The number of aryl methyl sites for hydroxylation is 1. The molecule has 3 rings (SSSR count). The lowest BCUT2D eigenvalue weighted by atomic mass is 9.88. The number of rotatable bonds is 4. The number of aliphatic hydroxyl groups is 1. The van der Waals surface area contributed by atoms with Crippen LogP contribution in [0.1, 0.15) is 77.7 Å². The van der Waals surface area contributed by atoms with Gasteiger partial charge in [0, 0.05) is 29.6 Å². The molecule has 0 amide bonds. The van der Waals surface area contributed by atoms with Crippen LogP contribution in [-0.4, -0.2) is 27.3 Å². The van der Waals surface area contributed by atoms with Gasteiger partial charge in [0.1, 0.15) is 11.5 Å². The molecule has 0 bridgehead atoms. The highest BCUT2D eigenvalue weighted by molar-refractivity contribution is 5.78. The lowest BCUT2D eigenvalue weighted by Gasteiger charge is -2.28. The van der Waals surface area contributed by atoms with Gasteiger partial charge in [-0.25, -0.2) is 9.37 Å². The van der Waals surface area contributed by atoms with Gasteiger partial charge >= 0.3 is 0 Å². The summed E-state index contributed by atoms with van der Waals surface area (Å²) in [4.78, 5) is 4.77. The molecule has 4 nitrogen and oxygen atoms in total. The third-order valence-electron chi connectivity index (χ3n) is 6.10. The fourth-order valence-corrected chi connectivity index (χ4v) is 4.77. The number of halogens is 1. The molecule has 2 aromatic rings. The third kappa shape index (κ3) is 4.25. The molecule has 3 unspecified atom stereocenters.